The lowest BCUT2D eigenvalue weighted by Crippen LogP contribution is -2.41. The Labute approximate surface area is 120 Å². The molecule has 0 aromatic rings. The second kappa shape index (κ2) is 11.5. The van der Waals surface area contributed by atoms with Gasteiger partial charge in [0.05, 0.1) is 19.1 Å². The summed E-state index contributed by atoms with van der Waals surface area (Å²) in [4.78, 5) is 24.3. The summed E-state index contributed by atoms with van der Waals surface area (Å²) in [6, 6.07) is -0.358. The molecule has 0 aliphatic rings. The van der Waals surface area contributed by atoms with E-state index in [0.29, 0.717) is 26.2 Å². The number of aliphatic carboxylic acids is 1. The number of urea groups is 1. The fourth-order valence-electron chi connectivity index (χ4n) is 1.53. The summed E-state index contributed by atoms with van der Waals surface area (Å²) in [5.74, 6) is -1.40. The first-order valence-electron chi connectivity index (χ1n) is 6.94. The van der Waals surface area contributed by atoms with Crippen LogP contribution in [0.25, 0.3) is 0 Å². The highest BCUT2D eigenvalue weighted by Crippen LogP contribution is 2.04. The van der Waals surface area contributed by atoms with Crippen molar-refractivity contribution in [3.05, 3.63) is 0 Å². The van der Waals surface area contributed by atoms with Crippen molar-refractivity contribution in [3.8, 4) is 0 Å². The fourth-order valence-corrected chi connectivity index (χ4v) is 1.53. The predicted molar refractivity (Wildman–Crippen MR) is 76.8 cm³/mol. The number of carbonyl (C=O) groups excluding carboxylic acids is 1. The Kier molecular flexibility index (Phi) is 10.7. The number of likely N-dealkylation sites (N-methyl/N-ethyl adjacent to an activating group) is 1. The SMILES string of the molecule is CCCC(CNC(=O)NCCOCCN(C)C)C(=O)O. The van der Waals surface area contributed by atoms with E-state index in [9.17, 15) is 9.59 Å². The number of hydrogen-bond donors (Lipinski definition) is 3. The van der Waals surface area contributed by atoms with Gasteiger partial charge in [0, 0.05) is 19.6 Å². The van der Waals surface area contributed by atoms with E-state index in [4.69, 9.17) is 9.84 Å². The number of carboxylic acid groups (broad SMARTS) is 1. The van der Waals surface area contributed by atoms with Crippen LogP contribution in [0, 0.1) is 5.92 Å². The maximum atomic E-state index is 11.4. The van der Waals surface area contributed by atoms with Crippen LogP contribution in [0.5, 0.6) is 0 Å². The highest BCUT2D eigenvalue weighted by Gasteiger charge is 2.16. The van der Waals surface area contributed by atoms with Gasteiger partial charge in [-0.1, -0.05) is 13.3 Å². The van der Waals surface area contributed by atoms with Gasteiger partial charge < -0.3 is 25.4 Å². The van der Waals surface area contributed by atoms with Gasteiger partial charge in [-0.15, -0.1) is 0 Å². The van der Waals surface area contributed by atoms with Crippen LogP contribution in [-0.2, 0) is 9.53 Å². The van der Waals surface area contributed by atoms with Crippen LogP contribution in [-0.4, -0.2) is 69.0 Å². The zero-order chi connectivity index (χ0) is 15.4. The third-order valence-electron chi connectivity index (χ3n) is 2.71. The lowest BCUT2D eigenvalue weighted by molar-refractivity contribution is -0.141. The minimum atomic E-state index is -0.876. The summed E-state index contributed by atoms with van der Waals surface area (Å²) < 4.78 is 5.32. The number of amides is 2. The first kappa shape index (κ1) is 18.7. The first-order valence-corrected chi connectivity index (χ1v) is 6.94. The van der Waals surface area contributed by atoms with Gasteiger partial charge in [-0.05, 0) is 20.5 Å². The van der Waals surface area contributed by atoms with E-state index >= 15 is 0 Å². The van der Waals surface area contributed by atoms with Crippen LogP contribution in [0.3, 0.4) is 0 Å². The summed E-state index contributed by atoms with van der Waals surface area (Å²) in [6.45, 7) is 4.37. The first-order chi connectivity index (χ1) is 9.47. The number of carboxylic acids is 1. The summed E-state index contributed by atoms with van der Waals surface area (Å²) in [7, 11) is 3.93. The van der Waals surface area contributed by atoms with Gasteiger partial charge in [0.25, 0.3) is 0 Å². The van der Waals surface area contributed by atoms with Crippen molar-refractivity contribution >= 4 is 12.0 Å². The molecule has 3 N–H and O–H groups in total. The smallest absolute Gasteiger partial charge is 0.314 e. The zero-order valence-electron chi connectivity index (χ0n) is 12.6. The standard InChI is InChI=1S/C13H27N3O4/c1-4-5-11(12(17)18)10-15-13(19)14-6-8-20-9-7-16(2)3/h11H,4-10H2,1-3H3,(H,17,18)(H2,14,15,19). The van der Waals surface area contributed by atoms with Crippen LogP contribution < -0.4 is 10.6 Å². The maximum Gasteiger partial charge on any atom is 0.314 e. The second-order valence-corrected chi connectivity index (χ2v) is 4.88. The van der Waals surface area contributed by atoms with E-state index in [1.54, 1.807) is 0 Å². The molecule has 0 radical (unpaired) electrons. The largest absolute Gasteiger partial charge is 0.481 e. The van der Waals surface area contributed by atoms with Crippen molar-refractivity contribution in [2.24, 2.45) is 5.92 Å². The van der Waals surface area contributed by atoms with E-state index in [-0.39, 0.29) is 12.6 Å². The molecule has 0 heterocycles. The molecule has 0 saturated carbocycles. The number of carbonyl (C=O) groups is 2. The lowest BCUT2D eigenvalue weighted by Gasteiger charge is -2.13. The number of nitrogens with zero attached hydrogens (tertiary/aromatic N) is 1. The lowest BCUT2D eigenvalue weighted by atomic mass is 10.0. The van der Waals surface area contributed by atoms with Gasteiger partial charge in [-0.25, -0.2) is 4.79 Å². The third-order valence-corrected chi connectivity index (χ3v) is 2.71. The predicted octanol–water partition coefficient (Wildman–Crippen LogP) is 0.365. The minimum Gasteiger partial charge on any atom is -0.481 e. The number of ether oxygens (including phenoxy) is 1. The topological polar surface area (TPSA) is 90.9 Å². The van der Waals surface area contributed by atoms with Crippen molar-refractivity contribution in [2.75, 3.05) is 46.9 Å². The molecule has 7 heteroatoms. The molecule has 2 amide bonds. The Morgan fingerprint density at radius 3 is 2.50 bits per heavy atom. The average Bonchev–Trinajstić information content (AvgIpc) is 2.37. The van der Waals surface area contributed by atoms with Crippen molar-refractivity contribution in [3.63, 3.8) is 0 Å². The number of nitrogens with one attached hydrogen (secondary N) is 2. The van der Waals surface area contributed by atoms with Crippen molar-refractivity contribution in [1.82, 2.24) is 15.5 Å². The number of rotatable bonds is 11. The van der Waals surface area contributed by atoms with Crippen LogP contribution in [0.2, 0.25) is 0 Å². The van der Waals surface area contributed by atoms with E-state index in [0.717, 1.165) is 13.0 Å². The van der Waals surface area contributed by atoms with Crippen LogP contribution in [0.15, 0.2) is 0 Å². The van der Waals surface area contributed by atoms with Crippen LogP contribution in [0.4, 0.5) is 4.79 Å². The van der Waals surface area contributed by atoms with Crippen molar-refractivity contribution in [2.45, 2.75) is 19.8 Å². The van der Waals surface area contributed by atoms with E-state index < -0.39 is 11.9 Å². The molecule has 0 aliphatic heterocycles. The molecule has 0 fully saturated rings. The molecule has 118 valence electrons. The third kappa shape index (κ3) is 10.6. The Morgan fingerprint density at radius 1 is 1.25 bits per heavy atom. The average molecular weight is 289 g/mol. The van der Waals surface area contributed by atoms with Gasteiger partial charge >= 0.3 is 12.0 Å². The van der Waals surface area contributed by atoms with Crippen molar-refractivity contribution < 1.29 is 19.4 Å². The molecule has 0 aromatic carbocycles. The highest BCUT2D eigenvalue weighted by molar-refractivity contribution is 5.75. The van der Waals surface area contributed by atoms with Crippen LogP contribution >= 0.6 is 0 Å². The summed E-state index contributed by atoms with van der Waals surface area (Å²) in [5, 5.41) is 14.1. The monoisotopic (exact) mass is 289 g/mol. The van der Waals surface area contributed by atoms with Gasteiger partial charge in [0.2, 0.25) is 0 Å². The molecule has 0 aromatic heterocycles. The van der Waals surface area contributed by atoms with Gasteiger partial charge in [0.1, 0.15) is 0 Å². The Balaban J connectivity index is 3.60. The molecule has 0 aliphatic carbocycles. The molecule has 0 rings (SSSR count). The minimum absolute atomic E-state index is 0.149. The molecule has 7 nitrogen and oxygen atoms in total. The molecule has 20 heavy (non-hydrogen) atoms. The molecule has 0 spiro atoms. The fraction of sp³-hybridized carbons (Fsp3) is 0.846. The van der Waals surface area contributed by atoms with Crippen LogP contribution in [0.1, 0.15) is 19.8 Å². The summed E-state index contributed by atoms with van der Waals surface area (Å²) >= 11 is 0. The highest BCUT2D eigenvalue weighted by atomic mass is 16.5. The zero-order valence-corrected chi connectivity index (χ0v) is 12.6. The van der Waals surface area contributed by atoms with Gasteiger partial charge in [-0.3, -0.25) is 4.79 Å². The van der Waals surface area contributed by atoms with Crippen molar-refractivity contribution in [1.29, 1.82) is 0 Å². The molecule has 1 atom stereocenters. The Hall–Kier alpha value is -1.34. The second-order valence-electron chi connectivity index (χ2n) is 4.88. The maximum absolute atomic E-state index is 11.4. The molecule has 0 saturated heterocycles. The molecule has 0 bridgehead atoms. The molecular formula is C13H27N3O4. The Morgan fingerprint density at radius 2 is 1.95 bits per heavy atom. The van der Waals surface area contributed by atoms with Gasteiger partial charge in [0.15, 0.2) is 0 Å². The molecule has 1 unspecified atom stereocenters. The summed E-state index contributed by atoms with van der Waals surface area (Å²) in [6.07, 6.45) is 1.34. The van der Waals surface area contributed by atoms with E-state index in [2.05, 4.69) is 10.6 Å². The molecular weight excluding hydrogens is 262 g/mol. The number of hydrogen-bond acceptors (Lipinski definition) is 4. The van der Waals surface area contributed by atoms with Gasteiger partial charge in [-0.2, -0.15) is 0 Å². The van der Waals surface area contributed by atoms with E-state index in [1.165, 1.54) is 0 Å². The normalized spacial score (nSPS) is 12.2. The van der Waals surface area contributed by atoms with E-state index in [1.807, 2.05) is 25.9 Å². The quantitative estimate of drug-likeness (QED) is 0.478. The Bertz CT molecular complexity index is 285. The summed E-state index contributed by atoms with van der Waals surface area (Å²) in [5.41, 5.74) is 0.